The lowest BCUT2D eigenvalue weighted by molar-refractivity contribution is 0.572. The number of rotatable bonds is 5. The lowest BCUT2D eigenvalue weighted by Gasteiger charge is -2.17. The second kappa shape index (κ2) is 6.03. The summed E-state index contributed by atoms with van der Waals surface area (Å²) >= 11 is 0. The molecular formula is C20H25N. The van der Waals surface area contributed by atoms with Gasteiger partial charge in [-0.2, -0.15) is 0 Å². The van der Waals surface area contributed by atoms with Crippen molar-refractivity contribution in [3.05, 3.63) is 70.3 Å². The Hall–Kier alpha value is -1.60. The van der Waals surface area contributed by atoms with E-state index in [0.717, 1.165) is 12.5 Å². The first-order chi connectivity index (χ1) is 10.1. The van der Waals surface area contributed by atoms with Crippen LogP contribution in [-0.4, -0.2) is 0 Å². The molecule has 1 unspecified atom stereocenters. The van der Waals surface area contributed by atoms with Crippen LogP contribution in [0.1, 0.15) is 59.5 Å². The third-order valence-corrected chi connectivity index (χ3v) is 4.53. The fraction of sp³-hybridized carbons (Fsp3) is 0.400. The van der Waals surface area contributed by atoms with Gasteiger partial charge in [-0.15, -0.1) is 0 Å². The third kappa shape index (κ3) is 3.54. The quantitative estimate of drug-likeness (QED) is 0.809. The van der Waals surface area contributed by atoms with Crippen LogP contribution in [0, 0.1) is 13.8 Å². The summed E-state index contributed by atoms with van der Waals surface area (Å²) in [7, 11) is 0. The molecule has 1 N–H and O–H groups in total. The lowest BCUT2D eigenvalue weighted by Crippen LogP contribution is -2.19. The average Bonchev–Trinajstić information content (AvgIpc) is 3.30. The van der Waals surface area contributed by atoms with Crippen molar-refractivity contribution in [1.82, 2.24) is 5.32 Å². The van der Waals surface area contributed by atoms with Gasteiger partial charge < -0.3 is 5.32 Å². The zero-order chi connectivity index (χ0) is 14.8. The molecule has 21 heavy (non-hydrogen) atoms. The Morgan fingerprint density at radius 2 is 1.76 bits per heavy atom. The van der Waals surface area contributed by atoms with Gasteiger partial charge in [0, 0.05) is 12.6 Å². The maximum atomic E-state index is 3.64. The highest BCUT2D eigenvalue weighted by Crippen LogP contribution is 2.39. The molecule has 1 fully saturated rings. The molecule has 1 atom stereocenters. The van der Waals surface area contributed by atoms with E-state index in [-0.39, 0.29) is 0 Å². The first kappa shape index (κ1) is 14.3. The molecule has 110 valence electrons. The third-order valence-electron chi connectivity index (χ3n) is 4.53. The van der Waals surface area contributed by atoms with Gasteiger partial charge in [-0.3, -0.25) is 0 Å². The lowest BCUT2D eigenvalue weighted by atomic mass is 10.00. The van der Waals surface area contributed by atoms with Crippen molar-refractivity contribution in [2.45, 2.75) is 52.1 Å². The molecule has 0 aliphatic heterocycles. The van der Waals surface area contributed by atoms with Crippen molar-refractivity contribution < 1.29 is 0 Å². The second-order valence-corrected chi connectivity index (χ2v) is 6.48. The molecule has 0 spiro atoms. The molecule has 1 aliphatic carbocycles. The van der Waals surface area contributed by atoms with E-state index in [0.29, 0.717) is 6.04 Å². The fourth-order valence-corrected chi connectivity index (χ4v) is 3.02. The minimum Gasteiger partial charge on any atom is -0.306 e. The molecule has 0 heterocycles. The molecular weight excluding hydrogens is 254 g/mol. The van der Waals surface area contributed by atoms with Crippen LogP contribution in [-0.2, 0) is 6.54 Å². The van der Waals surface area contributed by atoms with E-state index < -0.39 is 0 Å². The summed E-state index contributed by atoms with van der Waals surface area (Å²) in [4.78, 5) is 0. The normalized spacial score (nSPS) is 16.0. The summed E-state index contributed by atoms with van der Waals surface area (Å²) in [6.07, 6.45) is 2.75. The second-order valence-electron chi connectivity index (χ2n) is 6.48. The van der Waals surface area contributed by atoms with Gasteiger partial charge in [-0.05, 0) is 61.8 Å². The van der Waals surface area contributed by atoms with Gasteiger partial charge in [0.15, 0.2) is 0 Å². The highest BCUT2D eigenvalue weighted by atomic mass is 14.9. The summed E-state index contributed by atoms with van der Waals surface area (Å²) in [6.45, 7) is 7.52. The monoisotopic (exact) mass is 279 g/mol. The van der Waals surface area contributed by atoms with Crippen molar-refractivity contribution in [3.8, 4) is 0 Å². The van der Waals surface area contributed by atoms with E-state index in [2.05, 4.69) is 68.6 Å². The maximum absolute atomic E-state index is 3.64. The Balaban J connectivity index is 1.60. The van der Waals surface area contributed by atoms with Crippen LogP contribution in [0.3, 0.4) is 0 Å². The van der Waals surface area contributed by atoms with Crippen LogP contribution in [0.4, 0.5) is 0 Å². The predicted octanol–water partition coefficient (Wildman–Crippen LogP) is 5.03. The summed E-state index contributed by atoms with van der Waals surface area (Å²) in [5, 5.41) is 3.64. The minimum atomic E-state index is 0.383. The molecule has 2 aromatic rings. The molecule has 0 saturated heterocycles. The molecule has 0 radical (unpaired) electrons. The number of aryl methyl sites for hydroxylation is 2. The Kier molecular flexibility index (Phi) is 4.12. The topological polar surface area (TPSA) is 12.0 Å². The summed E-state index contributed by atoms with van der Waals surface area (Å²) in [5.41, 5.74) is 6.99. The molecule has 0 bridgehead atoms. The largest absolute Gasteiger partial charge is 0.306 e. The first-order valence-corrected chi connectivity index (χ1v) is 8.03. The fourth-order valence-electron chi connectivity index (χ4n) is 3.02. The number of benzene rings is 2. The van der Waals surface area contributed by atoms with Gasteiger partial charge in [-0.25, -0.2) is 0 Å². The SMILES string of the molecule is Cc1ccc(C(C)NCc2ccc(C3CC3)cc2)c(C)c1. The van der Waals surface area contributed by atoms with Crippen molar-refractivity contribution in [2.24, 2.45) is 0 Å². The highest BCUT2D eigenvalue weighted by Gasteiger charge is 2.22. The predicted molar refractivity (Wildman–Crippen MR) is 89.6 cm³/mol. The molecule has 1 saturated carbocycles. The van der Waals surface area contributed by atoms with Gasteiger partial charge in [-0.1, -0.05) is 48.0 Å². The summed E-state index contributed by atoms with van der Waals surface area (Å²) in [6, 6.07) is 16.2. The van der Waals surface area contributed by atoms with E-state index in [9.17, 15) is 0 Å². The Bertz CT molecular complexity index is 608. The van der Waals surface area contributed by atoms with Gasteiger partial charge in [0.1, 0.15) is 0 Å². The molecule has 1 heteroatoms. The molecule has 0 aromatic heterocycles. The molecule has 1 aliphatic rings. The van der Waals surface area contributed by atoms with Gasteiger partial charge in [0.05, 0.1) is 0 Å². The van der Waals surface area contributed by atoms with Crippen molar-refractivity contribution >= 4 is 0 Å². The zero-order valence-electron chi connectivity index (χ0n) is 13.3. The highest BCUT2D eigenvalue weighted by molar-refractivity contribution is 5.33. The Morgan fingerprint density at radius 3 is 2.38 bits per heavy atom. The van der Waals surface area contributed by atoms with Gasteiger partial charge in [0.2, 0.25) is 0 Å². The number of hydrogen-bond acceptors (Lipinski definition) is 1. The molecule has 1 nitrogen and oxygen atoms in total. The van der Waals surface area contributed by atoms with Crippen LogP contribution >= 0.6 is 0 Å². The minimum absolute atomic E-state index is 0.383. The van der Waals surface area contributed by atoms with Gasteiger partial charge in [0.25, 0.3) is 0 Å². The maximum Gasteiger partial charge on any atom is 0.0297 e. The van der Waals surface area contributed by atoms with Crippen molar-refractivity contribution in [2.75, 3.05) is 0 Å². The zero-order valence-corrected chi connectivity index (χ0v) is 13.3. The van der Waals surface area contributed by atoms with E-state index in [1.165, 1.54) is 40.7 Å². The van der Waals surface area contributed by atoms with Gasteiger partial charge >= 0.3 is 0 Å². The van der Waals surface area contributed by atoms with E-state index in [1.807, 2.05) is 0 Å². The number of hydrogen-bond donors (Lipinski definition) is 1. The standard InChI is InChI=1S/C20H25N/c1-14-4-11-20(15(2)12-14)16(3)21-13-17-5-7-18(8-6-17)19-9-10-19/h4-8,11-12,16,19,21H,9-10,13H2,1-3H3. The Labute approximate surface area is 128 Å². The van der Waals surface area contributed by atoms with E-state index in [1.54, 1.807) is 0 Å². The van der Waals surface area contributed by atoms with E-state index in [4.69, 9.17) is 0 Å². The Morgan fingerprint density at radius 1 is 1.05 bits per heavy atom. The van der Waals surface area contributed by atoms with Crippen LogP contribution in [0.25, 0.3) is 0 Å². The molecule has 0 amide bonds. The van der Waals surface area contributed by atoms with Crippen molar-refractivity contribution in [1.29, 1.82) is 0 Å². The molecule has 3 rings (SSSR count). The molecule has 2 aromatic carbocycles. The number of nitrogens with one attached hydrogen (secondary N) is 1. The summed E-state index contributed by atoms with van der Waals surface area (Å²) < 4.78 is 0. The summed E-state index contributed by atoms with van der Waals surface area (Å²) in [5.74, 6) is 0.848. The van der Waals surface area contributed by atoms with E-state index >= 15 is 0 Å². The smallest absolute Gasteiger partial charge is 0.0297 e. The van der Waals surface area contributed by atoms with Crippen LogP contribution < -0.4 is 5.32 Å². The van der Waals surface area contributed by atoms with Crippen LogP contribution in [0.15, 0.2) is 42.5 Å². The van der Waals surface area contributed by atoms with Crippen LogP contribution in [0.5, 0.6) is 0 Å². The van der Waals surface area contributed by atoms with Crippen molar-refractivity contribution in [3.63, 3.8) is 0 Å². The average molecular weight is 279 g/mol. The first-order valence-electron chi connectivity index (χ1n) is 8.03. The van der Waals surface area contributed by atoms with Crippen LogP contribution in [0.2, 0.25) is 0 Å².